The Balaban J connectivity index is 1.64. The van der Waals surface area contributed by atoms with Gasteiger partial charge >= 0.3 is 0 Å². The van der Waals surface area contributed by atoms with Crippen molar-refractivity contribution < 1.29 is 4.74 Å². The summed E-state index contributed by atoms with van der Waals surface area (Å²) in [6.07, 6.45) is 6.36. The molecule has 4 rings (SSSR count). The molecule has 0 bridgehead atoms. The Bertz CT molecular complexity index is 1040. The Morgan fingerprint density at radius 2 is 2.12 bits per heavy atom. The molecule has 0 unspecified atom stereocenters. The molecule has 7 nitrogen and oxygen atoms in total. The van der Waals surface area contributed by atoms with Crippen LogP contribution in [0.15, 0.2) is 66.1 Å². The van der Waals surface area contributed by atoms with Gasteiger partial charge in [0.15, 0.2) is 5.65 Å². The average molecular weight is 319 g/mol. The number of ether oxygens (including phenoxy) is 1. The Morgan fingerprint density at radius 3 is 3.00 bits per heavy atom. The van der Waals surface area contributed by atoms with E-state index in [4.69, 9.17) is 4.74 Å². The van der Waals surface area contributed by atoms with Crippen LogP contribution in [0.4, 0.5) is 0 Å². The van der Waals surface area contributed by atoms with Crippen molar-refractivity contribution in [3.8, 4) is 11.4 Å². The zero-order valence-electron chi connectivity index (χ0n) is 12.6. The molecule has 0 saturated heterocycles. The molecule has 3 heterocycles. The SMILES string of the molecule is O=c1[nH]cnc2c1cnn2-c1cccc(OCc2cccnc2)c1. The number of rotatable bonds is 4. The van der Waals surface area contributed by atoms with Crippen molar-refractivity contribution in [1.82, 2.24) is 24.7 Å². The number of nitrogens with one attached hydrogen (secondary N) is 1. The second-order valence-electron chi connectivity index (χ2n) is 5.17. The van der Waals surface area contributed by atoms with Gasteiger partial charge in [-0.1, -0.05) is 12.1 Å². The van der Waals surface area contributed by atoms with Gasteiger partial charge in [-0.2, -0.15) is 5.10 Å². The Kier molecular flexibility index (Phi) is 3.51. The fourth-order valence-corrected chi connectivity index (χ4v) is 2.40. The number of aromatic amines is 1. The van der Waals surface area contributed by atoms with Gasteiger partial charge in [-0.05, 0) is 18.2 Å². The van der Waals surface area contributed by atoms with Crippen LogP contribution in [0, 0.1) is 0 Å². The van der Waals surface area contributed by atoms with Crippen molar-refractivity contribution in [2.75, 3.05) is 0 Å². The summed E-state index contributed by atoms with van der Waals surface area (Å²) in [5.41, 5.74) is 2.05. The lowest BCUT2D eigenvalue weighted by Crippen LogP contribution is -2.06. The zero-order valence-corrected chi connectivity index (χ0v) is 12.6. The molecule has 0 radical (unpaired) electrons. The van der Waals surface area contributed by atoms with Crippen LogP contribution in [0.1, 0.15) is 5.56 Å². The summed E-state index contributed by atoms with van der Waals surface area (Å²) in [7, 11) is 0. The van der Waals surface area contributed by atoms with Gasteiger partial charge in [0.1, 0.15) is 17.7 Å². The molecule has 0 aliphatic carbocycles. The van der Waals surface area contributed by atoms with Crippen molar-refractivity contribution >= 4 is 11.0 Å². The van der Waals surface area contributed by atoms with E-state index < -0.39 is 0 Å². The average Bonchev–Trinajstić information content (AvgIpc) is 3.07. The number of aromatic nitrogens is 5. The van der Waals surface area contributed by atoms with E-state index in [1.165, 1.54) is 12.5 Å². The summed E-state index contributed by atoms with van der Waals surface area (Å²) in [4.78, 5) is 22.6. The molecule has 0 spiro atoms. The molecule has 3 aromatic heterocycles. The molecule has 0 saturated carbocycles. The number of benzene rings is 1. The molecule has 24 heavy (non-hydrogen) atoms. The Morgan fingerprint density at radius 1 is 1.17 bits per heavy atom. The fraction of sp³-hybridized carbons (Fsp3) is 0.0588. The van der Waals surface area contributed by atoms with Crippen molar-refractivity contribution in [3.05, 3.63) is 77.2 Å². The molecular formula is C17H13N5O2. The molecule has 0 aliphatic heterocycles. The minimum atomic E-state index is -0.213. The maximum Gasteiger partial charge on any atom is 0.261 e. The van der Waals surface area contributed by atoms with Crippen molar-refractivity contribution in [2.45, 2.75) is 6.61 Å². The number of pyridine rings is 1. The van der Waals surface area contributed by atoms with Crippen LogP contribution >= 0.6 is 0 Å². The first-order chi connectivity index (χ1) is 11.8. The number of H-pyrrole nitrogens is 1. The topological polar surface area (TPSA) is 85.7 Å². The molecular weight excluding hydrogens is 306 g/mol. The largest absolute Gasteiger partial charge is 0.489 e. The smallest absolute Gasteiger partial charge is 0.261 e. The maximum absolute atomic E-state index is 11.8. The minimum absolute atomic E-state index is 0.213. The summed E-state index contributed by atoms with van der Waals surface area (Å²) < 4.78 is 7.41. The molecule has 0 aliphatic rings. The van der Waals surface area contributed by atoms with Crippen molar-refractivity contribution in [1.29, 1.82) is 0 Å². The third-order valence-electron chi connectivity index (χ3n) is 3.56. The van der Waals surface area contributed by atoms with Gasteiger partial charge in [0.05, 0.1) is 18.2 Å². The van der Waals surface area contributed by atoms with Gasteiger partial charge in [0, 0.05) is 24.0 Å². The van der Waals surface area contributed by atoms with Gasteiger partial charge in [-0.15, -0.1) is 0 Å². The van der Waals surface area contributed by atoms with E-state index >= 15 is 0 Å². The van der Waals surface area contributed by atoms with Crippen LogP contribution in [0.3, 0.4) is 0 Å². The molecule has 4 aromatic rings. The van der Waals surface area contributed by atoms with Crippen LogP contribution in [0.2, 0.25) is 0 Å². The lowest BCUT2D eigenvalue weighted by molar-refractivity contribution is 0.305. The summed E-state index contributed by atoms with van der Waals surface area (Å²) in [6, 6.07) is 11.3. The van der Waals surface area contributed by atoms with Crippen molar-refractivity contribution in [2.24, 2.45) is 0 Å². The normalized spacial score (nSPS) is 10.8. The van der Waals surface area contributed by atoms with Gasteiger partial charge in [0.2, 0.25) is 0 Å². The molecule has 0 fully saturated rings. The van der Waals surface area contributed by atoms with Gasteiger partial charge in [-0.3, -0.25) is 9.78 Å². The lowest BCUT2D eigenvalue weighted by Gasteiger charge is -2.08. The van der Waals surface area contributed by atoms with E-state index in [-0.39, 0.29) is 5.56 Å². The first-order valence-corrected chi connectivity index (χ1v) is 7.35. The van der Waals surface area contributed by atoms with E-state index in [1.54, 1.807) is 17.1 Å². The fourth-order valence-electron chi connectivity index (χ4n) is 2.40. The van der Waals surface area contributed by atoms with Crippen LogP contribution in [0.25, 0.3) is 16.7 Å². The van der Waals surface area contributed by atoms with Crippen LogP contribution in [-0.4, -0.2) is 24.7 Å². The predicted octanol–water partition coefficient (Wildman–Crippen LogP) is 2.08. The lowest BCUT2D eigenvalue weighted by atomic mass is 10.3. The first-order valence-electron chi connectivity index (χ1n) is 7.35. The highest BCUT2D eigenvalue weighted by molar-refractivity contribution is 5.74. The highest BCUT2D eigenvalue weighted by Crippen LogP contribution is 2.19. The van der Waals surface area contributed by atoms with Gasteiger partial charge < -0.3 is 9.72 Å². The van der Waals surface area contributed by atoms with Crippen LogP contribution in [0.5, 0.6) is 5.75 Å². The minimum Gasteiger partial charge on any atom is -0.489 e. The van der Waals surface area contributed by atoms with E-state index in [0.29, 0.717) is 23.4 Å². The summed E-state index contributed by atoms with van der Waals surface area (Å²) in [5, 5.41) is 4.70. The van der Waals surface area contributed by atoms with E-state index in [9.17, 15) is 4.79 Å². The molecule has 0 amide bonds. The molecule has 118 valence electrons. The van der Waals surface area contributed by atoms with E-state index in [2.05, 4.69) is 20.1 Å². The monoisotopic (exact) mass is 319 g/mol. The van der Waals surface area contributed by atoms with Crippen molar-refractivity contribution in [3.63, 3.8) is 0 Å². The highest BCUT2D eigenvalue weighted by atomic mass is 16.5. The van der Waals surface area contributed by atoms with Gasteiger partial charge in [-0.25, -0.2) is 9.67 Å². The predicted molar refractivity (Wildman–Crippen MR) is 88.1 cm³/mol. The second-order valence-corrected chi connectivity index (χ2v) is 5.17. The Labute approximate surface area is 136 Å². The first kappa shape index (κ1) is 14.1. The third-order valence-corrected chi connectivity index (χ3v) is 3.56. The van der Waals surface area contributed by atoms with Gasteiger partial charge in [0.25, 0.3) is 5.56 Å². The highest BCUT2D eigenvalue weighted by Gasteiger charge is 2.09. The molecule has 1 N–H and O–H groups in total. The molecule has 1 aromatic carbocycles. The maximum atomic E-state index is 11.8. The summed E-state index contributed by atoms with van der Waals surface area (Å²) in [5.74, 6) is 0.699. The van der Waals surface area contributed by atoms with E-state index in [0.717, 1.165) is 11.3 Å². The summed E-state index contributed by atoms with van der Waals surface area (Å²) >= 11 is 0. The van der Waals surface area contributed by atoms with Crippen LogP contribution < -0.4 is 10.3 Å². The third kappa shape index (κ3) is 2.63. The number of hydrogen-bond donors (Lipinski definition) is 1. The standard InChI is InChI=1S/C17H13N5O2/c23-17-15-9-21-22(16(15)19-11-20-17)13-4-1-5-14(7-13)24-10-12-3-2-6-18-8-12/h1-9,11H,10H2,(H,19,20,23). The quantitative estimate of drug-likeness (QED) is 0.622. The zero-order chi connectivity index (χ0) is 16.4. The number of nitrogens with zero attached hydrogens (tertiary/aromatic N) is 4. The second kappa shape index (κ2) is 5.96. The number of fused-ring (bicyclic) bond motifs is 1. The van der Waals surface area contributed by atoms with E-state index in [1.807, 2.05) is 36.4 Å². The Hall–Kier alpha value is -3.48. The molecule has 7 heteroatoms. The molecule has 0 atom stereocenters. The number of hydrogen-bond acceptors (Lipinski definition) is 5. The summed E-state index contributed by atoms with van der Waals surface area (Å²) in [6.45, 7) is 0.426. The van der Waals surface area contributed by atoms with Crippen LogP contribution in [-0.2, 0) is 6.61 Å².